The molecule has 1 aromatic heterocycles. The molecule has 0 spiro atoms. The number of benzene rings is 1. The summed E-state index contributed by atoms with van der Waals surface area (Å²) < 4.78 is 2.20. The van der Waals surface area contributed by atoms with Crippen molar-refractivity contribution in [1.29, 1.82) is 0 Å². The number of aryl methyl sites for hydroxylation is 3. The smallest absolute Gasteiger partial charge is 0.207 e. The zero-order chi connectivity index (χ0) is 14.8. The van der Waals surface area contributed by atoms with Crippen molar-refractivity contribution in [2.45, 2.75) is 58.9 Å². The largest absolute Gasteiger partial charge is 0.353 e. The van der Waals surface area contributed by atoms with Crippen LogP contribution in [0.25, 0.3) is 5.69 Å². The van der Waals surface area contributed by atoms with Crippen LogP contribution in [-0.2, 0) is 0 Å². The zero-order valence-corrected chi connectivity index (χ0v) is 13.3. The number of rotatable bonds is 3. The third-order valence-corrected chi connectivity index (χ3v) is 4.25. The number of hydrogen-bond acceptors (Lipinski definition) is 2. The summed E-state index contributed by atoms with van der Waals surface area (Å²) in [5, 5.41) is 3.66. The molecular weight excluding hydrogens is 258 g/mol. The van der Waals surface area contributed by atoms with Gasteiger partial charge in [0.05, 0.1) is 5.69 Å². The van der Waals surface area contributed by atoms with Crippen molar-refractivity contribution in [3.8, 4) is 5.69 Å². The number of nitrogens with zero attached hydrogens (tertiary/aromatic N) is 2. The lowest BCUT2D eigenvalue weighted by Crippen LogP contribution is -2.24. The second kappa shape index (κ2) is 5.92. The minimum absolute atomic E-state index is 0.574. The average Bonchev–Trinajstić information content (AvgIpc) is 2.80. The second-order valence-corrected chi connectivity index (χ2v) is 6.40. The Hall–Kier alpha value is -1.77. The van der Waals surface area contributed by atoms with E-state index in [0.717, 1.165) is 11.6 Å². The fourth-order valence-electron chi connectivity index (χ4n) is 3.32. The van der Waals surface area contributed by atoms with Crippen LogP contribution >= 0.6 is 0 Å². The maximum absolute atomic E-state index is 4.69. The number of nitrogens with one attached hydrogen (secondary N) is 1. The van der Waals surface area contributed by atoms with E-state index >= 15 is 0 Å². The van der Waals surface area contributed by atoms with Crippen molar-refractivity contribution in [2.75, 3.05) is 5.32 Å². The molecule has 0 amide bonds. The fourth-order valence-corrected chi connectivity index (χ4v) is 3.32. The Morgan fingerprint density at radius 1 is 1.00 bits per heavy atom. The Balaban J connectivity index is 1.91. The summed E-state index contributed by atoms with van der Waals surface area (Å²) in [5.74, 6) is 0.990. The van der Waals surface area contributed by atoms with Crippen molar-refractivity contribution in [3.63, 3.8) is 0 Å². The van der Waals surface area contributed by atoms with Crippen LogP contribution in [0.1, 0.15) is 48.9 Å². The van der Waals surface area contributed by atoms with Gasteiger partial charge in [-0.1, -0.05) is 25.3 Å². The molecule has 1 N–H and O–H groups in total. The Morgan fingerprint density at radius 2 is 1.67 bits per heavy atom. The van der Waals surface area contributed by atoms with Gasteiger partial charge in [0.1, 0.15) is 0 Å². The lowest BCUT2D eigenvalue weighted by Gasteiger charge is -2.23. The molecule has 1 aliphatic rings. The fraction of sp³-hybridized carbons (Fsp3) is 0.500. The number of imidazole rings is 1. The van der Waals surface area contributed by atoms with Gasteiger partial charge < -0.3 is 5.32 Å². The Morgan fingerprint density at radius 3 is 2.33 bits per heavy atom. The first-order valence-corrected chi connectivity index (χ1v) is 8.03. The zero-order valence-electron chi connectivity index (χ0n) is 13.3. The summed E-state index contributed by atoms with van der Waals surface area (Å²) in [6, 6.07) is 7.23. The SMILES string of the molecule is Cc1cc(C)cc(-n2cc(C)nc2NC2CCCCC2)c1. The lowest BCUT2D eigenvalue weighted by atomic mass is 9.96. The summed E-state index contributed by atoms with van der Waals surface area (Å²) in [4.78, 5) is 4.69. The Labute approximate surface area is 127 Å². The predicted octanol–water partition coefficient (Wildman–Crippen LogP) is 4.54. The number of hydrogen-bond donors (Lipinski definition) is 1. The van der Waals surface area contributed by atoms with Gasteiger partial charge in [0.2, 0.25) is 5.95 Å². The van der Waals surface area contributed by atoms with Crippen LogP contribution in [0.3, 0.4) is 0 Å². The highest BCUT2D eigenvalue weighted by molar-refractivity contribution is 5.47. The minimum Gasteiger partial charge on any atom is -0.353 e. The number of anilines is 1. The summed E-state index contributed by atoms with van der Waals surface area (Å²) in [5.41, 5.74) is 4.85. The van der Waals surface area contributed by atoms with Gasteiger partial charge in [0.25, 0.3) is 0 Å². The van der Waals surface area contributed by atoms with Crippen LogP contribution in [-0.4, -0.2) is 15.6 Å². The molecule has 0 atom stereocenters. The van der Waals surface area contributed by atoms with Gasteiger partial charge in [-0.2, -0.15) is 0 Å². The van der Waals surface area contributed by atoms with E-state index in [1.807, 2.05) is 0 Å². The quantitative estimate of drug-likeness (QED) is 0.896. The highest BCUT2D eigenvalue weighted by Crippen LogP contribution is 2.24. The van der Waals surface area contributed by atoms with Crippen LogP contribution in [0.5, 0.6) is 0 Å². The van der Waals surface area contributed by atoms with E-state index in [2.05, 4.69) is 55.1 Å². The molecular formula is C18H25N3. The molecule has 3 rings (SSSR count). The standard InChI is InChI=1S/C18H25N3/c1-13-9-14(2)11-17(10-13)21-12-15(3)19-18(21)20-16-7-5-4-6-8-16/h9-12,16H,4-8H2,1-3H3,(H,19,20). The van der Waals surface area contributed by atoms with Crippen molar-refractivity contribution < 1.29 is 0 Å². The van der Waals surface area contributed by atoms with Crippen molar-refractivity contribution in [3.05, 3.63) is 41.2 Å². The van der Waals surface area contributed by atoms with Crippen LogP contribution in [0, 0.1) is 20.8 Å². The molecule has 3 heteroatoms. The molecule has 3 nitrogen and oxygen atoms in total. The van der Waals surface area contributed by atoms with Crippen molar-refractivity contribution >= 4 is 5.95 Å². The third kappa shape index (κ3) is 3.29. The average molecular weight is 283 g/mol. The van der Waals surface area contributed by atoms with Gasteiger partial charge >= 0.3 is 0 Å². The van der Waals surface area contributed by atoms with Gasteiger partial charge in [-0.3, -0.25) is 4.57 Å². The van der Waals surface area contributed by atoms with Crippen molar-refractivity contribution in [1.82, 2.24) is 9.55 Å². The van der Waals surface area contributed by atoms with E-state index in [0.29, 0.717) is 6.04 Å². The molecule has 1 heterocycles. The first-order valence-electron chi connectivity index (χ1n) is 8.03. The molecule has 0 unspecified atom stereocenters. The van der Waals surface area contributed by atoms with Crippen LogP contribution in [0.2, 0.25) is 0 Å². The highest BCUT2D eigenvalue weighted by atomic mass is 15.2. The van der Waals surface area contributed by atoms with E-state index in [-0.39, 0.29) is 0 Å². The van der Waals surface area contributed by atoms with Gasteiger partial charge in [0.15, 0.2) is 0 Å². The molecule has 112 valence electrons. The molecule has 1 saturated carbocycles. The molecule has 21 heavy (non-hydrogen) atoms. The van der Waals surface area contributed by atoms with E-state index in [9.17, 15) is 0 Å². The second-order valence-electron chi connectivity index (χ2n) is 6.40. The summed E-state index contributed by atoms with van der Waals surface area (Å²) in [7, 11) is 0. The summed E-state index contributed by atoms with van der Waals surface area (Å²) in [6.45, 7) is 6.36. The van der Waals surface area contributed by atoms with Gasteiger partial charge in [-0.15, -0.1) is 0 Å². The molecule has 0 bridgehead atoms. The van der Waals surface area contributed by atoms with Gasteiger partial charge in [0, 0.05) is 17.9 Å². The first-order chi connectivity index (χ1) is 10.1. The van der Waals surface area contributed by atoms with Crippen LogP contribution < -0.4 is 5.32 Å². The Bertz CT molecular complexity index is 601. The van der Waals surface area contributed by atoms with E-state index in [1.165, 1.54) is 48.9 Å². The van der Waals surface area contributed by atoms with Gasteiger partial charge in [-0.25, -0.2) is 4.98 Å². The first kappa shape index (κ1) is 14.2. The predicted molar refractivity (Wildman–Crippen MR) is 88.3 cm³/mol. The van der Waals surface area contributed by atoms with Gasteiger partial charge in [-0.05, 0) is 56.9 Å². The van der Waals surface area contributed by atoms with E-state index < -0.39 is 0 Å². The molecule has 0 radical (unpaired) electrons. The monoisotopic (exact) mass is 283 g/mol. The highest BCUT2D eigenvalue weighted by Gasteiger charge is 2.16. The molecule has 1 aliphatic carbocycles. The summed E-state index contributed by atoms with van der Waals surface area (Å²) in [6.07, 6.45) is 8.70. The molecule has 0 aliphatic heterocycles. The Kier molecular flexibility index (Phi) is 4.00. The summed E-state index contributed by atoms with van der Waals surface area (Å²) >= 11 is 0. The third-order valence-electron chi connectivity index (χ3n) is 4.25. The minimum atomic E-state index is 0.574. The van der Waals surface area contributed by atoms with E-state index in [1.54, 1.807) is 0 Å². The number of aromatic nitrogens is 2. The van der Waals surface area contributed by atoms with E-state index in [4.69, 9.17) is 4.98 Å². The molecule has 0 saturated heterocycles. The lowest BCUT2D eigenvalue weighted by molar-refractivity contribution is 0.460. The normalized spacial score (nSPS) is 16.1. The van der Waals surface area contributed by atoms with Crippen molar-refractivity contribution in [2.24, 2.45) is 0 Å². The topological polar surface area (TPSA) is 29.9 Å². The van der Waals surface area contributed by atoms with Crippen LogP contribution in [0.15, 0.2) is 24.4 Å². The molecule has 1 aromatic carbocycles. The maximum atomic E-state index is 4.69. The maximum Gasteiger partial charge on any atom is 0.207 e. The van der Waals surface area contributed by atoms with Crippen LogP contribution in [0.4, 0.5) is 5.95 Å². The molecule has 2 aromatic rings. The molecule has 1 fully saturated rings.